The molecule has 1 amide bonds. The molecule has 7 nitrogen and oxygen atoms in total. The quantitative estimate of drug-likeness (QED) is 0.202. The summed E-state index contributed by atoms with van der Waals surface area (Å²) in [5.41, 5.74) is -1.56. The lowest BCUT2D eigenvalue weighted by atomic mass is 9.80. The first-order chi connectivity index (χ1) is 13.6. The molecule has 0 spiro atoms. The molecular formula is C16H17Cl3FNO6S2. The van der Waals surface area contributed by atoms with E-state index in [1.54, 1.807) is 0 Å². The van der Waals surface area contributed by atoms with Crippen molar-refractivity contribution in [1.82, 2.24) is 4.90 Å². The molecule has 13 heteroatoms. The minimum Gasteiger partial charge on any atom is -0.477 e. The van der Waals surface area contributed by atoms with Crippen molar-refractivity contribution in [3.05, 3.63) is 22.6 Å². The number of thioether (sulfide) groups is 2. The highest BCUT2D eigenvalue weighted by molar-refractivity contribution is 8.23. The largest absolute Gasteiger partial charge is 0.510 e. The maximum Gasteiger partial charge on any atom is 0.510 e. The zero-order chi connectivity index (χ0) is 21.9. The minimum absolute atomic E-state index is 0.0451. The number of carbonyl (C=O) groups is 3. The second kappa shape index (κ2) is 10.00. The fourth-order valence-corrected chi connectivity index (χ4v) is 6.30. The lowest BCUT2D eigenvalue weighted by molar-refractivity contribution is -0.167. The Hall–Kier alpha value is -0.810. The Bertz CT molecular complexity index is 739. The van der Waals surface area contributed by atoms with Gasteiger partial charge < -0.3 is 14.6 Å². The van der Waals surface area contributed by atoms with Crippen LogP contribution in [0.3, 0.4) is 0 Å². The van der Waals surface area contributed by atoms with Gasteiger partial charge in [0.05, 0.1) is 10.9 Å². The first kappa shape index (κ1) is 24.5. The average molecular weight is 509 g/mol. The number of fused-ring (bicyclic) bond motifs is 1. The van der Waals surface area contributed by atoms with E-state index in [4.69, 9.17) is 44.3 Å². The van der Waals surface area contributed by atoms with Crippen molar-refractivity contribution in [2.75, 3.05) is 12.4 Å². The van der Waals surface area contributed by atoms with Gasteiger partial charge in [0.1, 0.15) is 16.9 Å². The summed E-state index contributed by atoms with van der Waals surface area (Å²) in [4.78, 5) is 35.4. The van der Waals surface area contributed by atoms with Crippen LogP contribution in [0.15, 0.2) is 22.6 Å². The standard InChI is InChI=1S/C16H17Cl3FNO6S2/c1-3-4-16-8(7(2)26-15(25)27-11(19)10(17)18)12(22)21(16)9(13(23)24)14(29-16)28-6-5-20/h3,7-8,10-11H,1,4-6H2,2H3,(H,23,24)/t7?,8-,11?,16+/m0/s1. The molecule has 162 valence electrons. The van der Waals surface area contributed by atoms with Crippen LogP contribution in [0.5, 0.6) is 0 Å². The number of aliphatic carboxylic acids is 1. The molecule has 2 heterocycles. The summed E-state index contributed by atoms with van der Waals surface area (Å²) in [5.74, 6) is -2.68. The number of nitrogens with zero attached hydrogens (tertiary/aromatic N) is 1. The van der Waals surface area contributed by atoms with E-state index in [0.29, 0.717) is 4.24 Å². The number of carbonyl (C=O) groups excluding carboxylic acids is 2. The molecule has 0 bridgehead atoms. The van der Waals surface area contributed by atoms with Crippen molar-refractivity contribution in [1.29, 1.82) is 0 Å². The molecule has 0 aromatic carbocycles. The van der Waals surface area contributed by atoms with Crippen LogP contribution in [0, 0.1) is 5.92 Å². The molecule has 0 radical (unpaired) electrons. The maximum absolute atomic E-state index is 12.8. The Morgan fingerprint density at radius 1 is 1.45 bits per heavy atom. The van der Waals surface area contributed by atoms with Gasteiger partial charge >= 0.3 is 12.1 Å². The lowest BCUT2D eigenvalue weighted by Crippen LogP contribution is -2.70. The second-order valence-electron chi connectivity index (χ2n) is 5.95. The van der Waals surface area contributed by atoms with E-state index >= 15 is 0 Å². The number of alkyl halides is 4. The van der Waals surface area contributed by atoms with Crippen molar-refractivity contribution in [2.45, 2.75) is 34.7 Å². The topological polar surface area (TPSA) is 93.1 Å². The molecule has 2 rings (SSSR count). The number of ether oxygens (including phenoxy) is 2. The van der Waals surface area contributed by atoms with Gasteiger partial charge in [0, 0.05) is 5.75 Å². The smallest absolute Gasteiger partial charge is 0.477 e. The summed E-state index contributed by atoms with van der Waals surface area (Å²) < 4.78 is 22.8. The van der Waals surface area contributed by atoms with E-state index in [1.807, 2.05) is 0 Å². The van der Waals surface area contributed by atoms with Crippen LogP contribution in [0.25, 0.3) is 0 Å². The average Bonchev–Trinajstić information content (AvgIpc) is 2.90. The summed E-state index contributed by atoms with van der Waals surface area (Å²) in [5, 5.41) is 9.58. The number of hydrogen-bond acceptors (Lipinski definition) is 7. The highest BCUT2D eigenvalue weighted by Crippen LogP contribution is 2.63. The SMILES string of the molecule is C=CC[C@]12SC(SCCF)=C(C(=O)O)N1C(=O)[C@@H]2C(C)OC(=O)OC(Cl)C(Cl)Cl. The lowest BCUT2D eigenvalue weighted by Gasteiger charge is -2.54. The number of β-lactam (4-membered cyclic amide) rings is 1. The summed E-state index contributed by atoms with van der Waals surface area (Å²) in [6.45, 7) is 4.49. The highest BCUT2D eigenvalue weighted by Gasteiger charge is 2.68. The van der Waals surface area contributed by atoms with E-state index in [9.17, 15) is 23.9 Å². The molecular weight excluding hydrogens is 492 g/mol. The van der Waals surface area contributed by atoms with E-state index in [1.165, 1.54) is 13.0 Å². The van der Waals surface area contributed by atoms with Crippen LogP contribution in [-0.4, -0.2) is 61.8 Å². The van der Waals surface area contributed by atoms with Gasteiger partial charge in [-0.25, -0.2) is 9.59 Å². The first-order valence-electron chi connectivity index (χ1n) is 8.20. The van der Waals surface area contributed by atoms with Crippen molar-refractivity contribution in [3.8, 4) is 0 Å². The maximum atomic E-state index is 12.8. The zero-order valence-corrected chi connectivity index (χ0v) is 18.9. The van der Waals surface area contributed by atoms with Crippen molar-refractivity contribution < 1.29 is 33.4 Å². The Kier molecular flexibility index (Phi) is 8.43. The van der Waals surface area contributed by atoms with Gasteiger partial charge in [-0.2, -0.15) is 0 Å². The molecule has 1 N–H and O–H groups in total. The number of carboxylic acids is 1. The van der Waals surface area contributed by atoms with E-state index in [0.717, 1.165) is 28.4 Å². The van der Waals surface area contributed by atoms with Crippen LogP contribution in [0.2, 0.25) is 0 Å². The predicted molar refractivity (Wildman–Crippen MR) is 111 cm³/mol. The first-order valence-corrected chi connectivity index (χ1v) is 11.3. The molecule has 4 atom stereocenters. The normalized spacial score (nSPS) is 25.4. The van der Waals surface area contributed by atoms with E-state index < -0.39 is 52.0 Å². The molecule has 2 aliphatic rings. The number of carboxylic acid groups (broad SMARTS) is 1. The van der Waals surface area contributed by atoms with Crippen LogP contribution < -0.4 is 0 Å². The molecule has 2 unspecified atom stereocenters. The monoisotopic (exact) mass is 507 g/mol. The third-order valence-corrected chi connectivity index (χ3v) is 7.96. The van der Waals surface area contributed by atoms with Gasteiger partial charge in [-0.15, -0.1) is 18.3 Å². The Morgan fingerprint density at radius 3 is 2.62 bits per heavy atom. The van der Waals surface area contributed by atoms with Crippen LogP contribution in [0.4, 0.5) is 9.18 Å². The summed E-state index contributed by atoms with van der Waals surface area (Å²) in [7, 11) is 0. The summed E-state index contributed by atoms with van der Waals surface area (Å²) in [6, 6.07) is 0. The van der Waals surface area contributed by atoms with Gasteiger partial charge in [-0.1, -0.05) is 52.6 Å². The van der Waals surface area contributed by atoms with Gasteiger partial charge in [-0.05, 0) is 13.3 Å². The predicted octanol–water partition coefficient (Wildman–Crippen LogP) is 4.33. The number of halogens is 4. The Labute approximate surface area is 189 Å². The van der Waals surface area contributed by atoms with E-state index in [2.05, 4.69) is 6.58 Å². The van der Waals surface area contributed by atoms with Gasteiger partial charge in [0.2, 0.25) is 11.5 Å². The zero-order valence-electron chi connectivity index (χ0n) is 15.0. The Balaban J connectivity index is 2.23. The molecule has 0 aliphatic carbocycles. The van der Waals surface area contributed by atoms with Crippen LogP contribution >= 0.6 is 58.3 Å². The molecule has 0 aromatic rings. The Morgan fingerprint density at radius 2 is 2.10 bits per heavy atom. The number of hydrogen-bond donors (Lipinski definition) is 1. The third-order valence-electron chi connectivity index (χ3n) is 4.15. The second-order valence-corrected chi connectivity index (χ2v) is 10.2. The van der Waals surface area contributed by atoms with Gasteiger partial charge in [0.15, 0.2) is 10.5 Å². The van der Waals surface area contributed by atoms with Crippen molar-refractivity contribution in [3.63, 3.8) is 0 Å². The van der Waals surface area contributed by atoms with Gasteiger partial charge in [0.25, 0.3) is 0 Å². The van der Waals surface area contributed by atoms with E-state index in [-0.39, 0.29) is 17.9 Å². The highest BCUT2D eigenvalue weighted by atomic mass is 35.5. The summed E-state index contributed by atoms with van der Waals surface area (Å²) in [6.07, 6.45) is -0.401. The summed E-state index contributed by atoms with van der Waals surface area (Å²) >= 11 is 18.8. The minimum atomic E-state index is -1.35. The number of amides is 1. The number of rotatable bonds is 10. The third kappa shape index (κ3) is 4.76. The van der Waals surface area contributed by atoms with Crippen LogP contribution in [0.1, 0.15) is 13.3 Å². The molecule has 1 saturated heterocycles. The molecule has 0 aromatic heterocycles. The molecule has 0 saturated carbocycles. The van der Waals surface area contributed by atoms with Gasteiger partial charge in [-0.3, -0.25) is 14.1 Å². The van der Waals surface area contributed by atoms with Crippen LogP contribution in [-0.2, 0) is 19.1 Å². The molecule has 29 heavy (non-hydrogen) atoms. The fourth-order valence-electron chi connectivity index (χ4n) is 3.14. The van der Waals surface area contributed by atoms with Crippen molar-refractivity contribution in [2.24, 2.45) is 5.92 Å². The fraction of sp³-hybridized carbons (Fsp3) is 0.562. The molecule has 2 aliphatic heterocycles. The van der Waals surface area contributed by atoms with Crippen molar-refractivity contribution >= 4 is 76.4 Å². The molecule has 1 fully saturated rings.